The molecule has 3 heterocycles. The van der Waals surface area contributed by atoms with Gasteiger partial charge in [-0.2, -0.15) is 4.98 Å². The first-order valence-corrected chi connectivity index (χ1v) is 21.9. The molecule has 2 aliphatic rings. The highest BCUT2D eigenvalue weighted by atomic mass is 16.2. The van der Waals surface area contributed by atoms with Crippen molar-refractivity contribution in [2.45, 2.75) is 128 Å². The number of nitrogens with two attached hydrogens (primary N) is 1. The first-order chi connectivity index (χ1) is 28.4. The molecule has 58 heavy (non-hydrogen) atoms. The topological polar surface area (TPSA) is 171 Å². The van der Waals surface area contributed by atoms with Gasteiger partial charge in [0.15, 0.2) is 0 Å². The van der Waals surface area contributed by atoms with Gasteiger partial charge in [-0.1, -0.05) is 80.3 Å². The van der Waals surface area contributed by atoms with E-state index in [1.165, 1.54) is 32.1 Å². The van der Waals surface area contributed by atoms with Crippen LogP contribution in [-0.2, 0) is 29.2 Å². The standard InChI is InChI=1S/C44H66N12O2/c1-2-3-27-55(32-34-14-6-4-7-15-34)43(58)39(45)20-21-41(57)54-29-22-36(23-30-54)49-42-38-18-10-11-19-40(38)50-44(51-42)48-31-37-33-56(53-52-37)28-13-25-46-24-12-26-47-35-16-8-5-9-17-35/h4,6-7,10-11,14-15,18-19,33,35-36,39,46-47H,2-3,5,8-9,12-13,16-17,20-32,45H2,1H3,(H2,48,49,50,51)/t39-/m0/s1. The quantitative estimate of drug-likeness (QED) is 0.0604. The normalized spacial score (nSPS) is 15.7. The fraction of sp³-hybridized carbons (Fsp3) is 0.591. The summed E-state index contributed by atoms with van der Waals surface area (Å²) in [7, 11) is 0. The average molecular weight is 795 g/mol. The van der Waals surface area contributed by atoms with Crippen LogP contribution in [0.1, 0.15) is 102 Å². The molecule has 14 heteroatoms. The number of unbranched alkanes of at least 4 members (excludes halogenated alkanes) is 1. The number of fused-ring (bicyclic) bond motifs is 1. The van der Waals surface area contributed by atoms with Gasteiger partial charge >= 0.3 is 0 Å². The minimum absolute atomic E-state index is 0.0467. The Hall–Kier alpha value is -4.66. The molecule has 314 valence electrons. The maximum atomic E-state index is 13.3. The molecule has 0 radical (unpaired) electrons. The molecule has 6 rings (SSSR count). The highest BCUT2D eigenvalue weighted by molar-refractivity contribution is 5.90. The maximum absolute atomic E-state index is 13.3. The molecule has 0 unspecified atom stereocenters. The fourth-order valence-electron chi connectivity index (χ4n) is 7.96. The summed E-state index contributed by atoms with van der Waals surface area (Å²) in [5, 5.41) is 23.9. The lowest BCUT2D eigenvalue weighted by atomic mass is 9.95. The van der Waals surface area contributed by atoms with Gasteiger partial charge < -0.3 is 36.8 Å². The van der Waals surface area contributed by atoms with Crippen LogP contribution >= 0.6 is 0 Å². The van der Waals surface area contributed by atoms with Crippen molar-refractivity contribution in [2.24, 2.45) is 5.73 Å². The van der Waals surface area contributed by atoms with Crippen LogP contribution in [0.15, 0.2) is 60.8 Å². The molecule has 14 nitrogen and oxygen atoms in total. The van der Waals surface area contributed by atoms with Gasteiger partial charge in [-0.3, -0.25) is 14.3 Å². The van der Waals surface area contributed by atoms with Crippen molar-refractivity contribution < 1.29 is 9.59 Å². The Morgan fingerprint density at radius 1 is 0.897 bits per heavy atom. The van der Waals surface area contributed by atoms with E-state index in [0.717, 1.165) is 98.7 Å². The van der Waals surface area contributed by atoms with Crippen LogP contribution in [0.2, 0.25) is 0 Å². The van der Waals surface area contributed by atoms with Crippen molar-refractivity contribution in [1.82, 2.24) is 45.4 Å². The van der Waals surface area contributed by atoms with E-state index in [4.69, 9.17) is 15.7 Å². The molecule has 2 fully saturated rings. The minimum Gasteiger partial charge on any atom is -0.367 e. The summed E-state index contributed by atoms with van der Waals surface area (Å²) in [6.07, 6.45) is 15.0. The largest absolute Gasteiger partial charge is 0.367 e. The Morgan fingerprint density at radius 3 is 2.48 bits per heavy atom. The van der Waals surface area contributed by atoms with Crippen LogP contribution in [0.3, 0.4) is 0 Å². The third-order valence-corrected chi connectivity index (χ3v) is 11.4. The smallest absolute Gasteiger partial charge is 0.239 e. The fourth-order valence-corrected chi connectivity index (χ4v) is 7.96. The Morgan fingerprint density at radius 2 is 1.67 bits per heavy atom. The number of para-hydroxylation sites is 1. The number of hydrogen-bond acceptors (Lipinski definition) is 11. The number of hydrogen-bond donors (Lipinski definition) is 5. The summed E-state index contributed by atoms with van der Waals surface area (Å²) in [5.74, 6) is 1.25. The van der Waals surface area contributed by atoms with Crippen molar-refractivity contribution in [3.8, 4) is 0 Å². The van der Waals surface area contributed by atoms with Gasteiger partial charge in [-0.25, -0.2) is 4.98 Å². The van der Waals surface area contributed by atoms with Gasteiger partial charge in [0.2, 0.25) is 17.8 Å². The zero-order valence-electron chi connectivity index (χ0n) is 34.6. The molecule has 0 bridgehead atoms. The number of nitrogens with one attached hydrogen (secondary N) is 4. The Labute approximate surface area is 344 Å². The number of rotatable bonds is 23. The zero-order valence-corrected chi connectivity index (χ0v) is 34.6. The first-order valence-electron chi connectivity index (χ1n) is 21.9. The Bertz CT molecular complexity index is 1820. The molecule has 6 N–H and O–H groups in total. The van der Waals surface area contributed by atoms with E-state index in [-0.39, 0.29) is 24.3 Å². The van der Waals surface area contributed by atoms with Crippen LogP contribution in [0.5, 0.6) is 0 Å². The maximum Gasteiger partial charge on any atom is 0.239 e. The van der Waals surface area contributed by atoms with Gasteiger partial charge in [0.25, 0.3) is 0 Å². The van der Waals surface area contributed by atoms with Gasteiger partial charge in [-0.05, 0) is 88.7 Å². The van der Waals surface area contributed by atoms with Crippen molar-refractivity contribution in [3.05, 3.63) is 72.1 Å². The molecule has 2 amide bonds. The van der Waals surface area contributed by atoms with E-state index in [1.807, 2.05) is 75.3 Å². The van der Waals surface area contributed by atoms with Crippen molar-refractivity contribution in [3.63, 3.8) is 0 Å². The average Bonchev–Trinajstić information content (AvgIpc) is 3.72. The van der Waals surface area contributed by atoms with Gasteiger partial charge in [0.1, 0.15) is 11.5 Å². The predicted molar refractivity (Wildman–Crippen MR) is 231 cm³/mol. The number of benzene rings is 2. The summed E-state index contributed by atoms with van der Waals surface area (Å²) in [5.41, 5.74) is 9.15. The van der Waals surface area contributed by atoms with E-state index < -0.39 is 6.04 Å². The number of amides is 2. The predicted octanol–water partition coefficient (Wildman–Crippen LogP) is 5.46. The molecular formula is C44H66N12O2. The zero-order chi connectivity index (χ0) is 40.4. The van der Waals surface area contributed by atoms with Crippen LogP contribution in [0, 0.1) is 0 Å². The Kier molecular flexibility index (Phi) is 17.1. The molecule has 0 spiro atoms. The third kappa shape index (κ3) is 13.5. The van der Waals surface area contributed by atoms with Crippen LogP contribution in [0.25, 0.3) is 10.9 Å². The van der Waals surface area contributed by atoms with Crippen LogP contribution in [-0.4, -0.2) is 104 Å². The SMILES string of the molecule is CCCCN(Cc1ccccc1)C(=O)[C@@H](N)CCC(=O)N1CCC(Nc2nc(NCc3cn(CCCNCCCNC4CCCCC4)nn3)nc3ccccc23)CC1. The second-order valence-corrected chi connectivity index (χ2v) is 16.0. The van der Waals surface area contributed by atoms with E-state index in [2.05, 4.69) is 38.5 Å². The van der Waals surface area contributed by atoms with Gasteiger partial charge in [0, 0.05) is 56.6 Å². The van der Waals surface area contributed by atoms with E-state index in [1.54, 1.807) is 0 Å². The molecule has 1 aliphatic heterocycles. The second kappa shape index (κ2) is 23.1. The highest BCUT2D eigenvalue weighted by Gasteiger charge is 2.26. The van der Waals surface area contributed by atoms with Crippen LogP contribution < -0.4 is 27.0 Å². The molecule has 4 aromatic rings. The number of piperidine rings is 1. The highest BCUT2D eigenvalue weighted by Crippen LogP contribution is 2.25. The lowest BCUT2D eigenvalue weighted by Gasteiger charge is -2.33. The van der Waals surface area contributed by atoms with Crippen molar-refractivity contribution in [2.75, 3.05) is 49.9 Å². The third-order valence-electron chi connectivity index (χ3n) is 11.4. The summed E-state index contributed by atoms with van der Waals surface area (Å²) in [4.78, 5) is 40.0. The summed E-state index contributed by atoms with van der Waals surface area (Å²) in [6.45, 7) is 8.92. The number of likely N-dealkylation sites (tertiary alicyclic amines) is 1. The number of aromatic nitrogens is 5. The monoisotopic (exact) mass is 795 g/mol. The summed E-state index contributed by atoms with van der Waals surface area (Å²) >= 11 is 0. The lowest BCUT2D eigenvalue weighted by molar-refractivity contribution is -0.134. The lowest BCUT2D eigenvalue weighted by Crippen LogP contribution is -2.45. The van der Waals surface area contributed by atoms with E-state index in [9.17, 15) is 9.59 Å². The Balaban J connectivity index is 0.913. The first kappa shape index (κ1) is 42.9. The number of nitrogens with zero attached hydrogens (tertiary/aromatic N) is 7. The number of carbonyl (C=O) groups excluding carboxylic acids is 2. The molecule has 1 atom stereocenters. The van der Waals surface area contributed by atoms with Crippen molar-refractivity contribution in [1.29, 1.82) is 0 Å². The number of carbonyl (C=O) groups is 2. The molecular weight excluding hydrogens is 729 g/mol. The summed E-state index contributed by atoms with van der Waals surface area (Å²) < 4.78 is 1.90. The molecule has 2 aromatic heterocycles. The second-order valence-electron chi connectivity index (χ2n) is 16.0. The van der Waals surface area contributed by atoms with Crippen molar-refractivity contribution >= 4 is 34.5 Å². The molecule has 1 aliphatic carbocycles. The van der Waals surface area contributed by atoms with Crippen LogP contribution in [0.4, 0.5) is 11.8 Å². The van der Waals surface area contributed by atoms with Gasteiger partial charge in [-0.15, -0.1) is 5.10 Å². The minimum atomic E-state index is -0.704. The molecule has 2 aromatic carbocycles. The molecule has 1 saturated heterocycles. The number of anilines is 2. The van der Waals surface area contributed by atoms with Gasteiger partial charge in [0.05, 0.1) is 24.3 Å². The van der Waals surface area contributed by atoms with E-state index in [0.29, 0.717) is 45.1 Å². The van der Waals surface area contributed by atoms with E-state index >= 15 is 0 Å². The molecule has 1 saturated carbocycles. The number of aryl methyl sites for hydroxylation is 1. The summed E-state index contributed by atoms with van der Waals surface area (Å²) in [6, 6.07) is 18.2.